The Labute approximate surface area is 177 Å². The third kappa shape index (κ3) is 3.55. The molecule has 31 heavy (non-hydrogen) atoms. The van der Waals surface area contributed by atoms with Crippen LogP contribution in [0.2, 0.25) is 0 Å². The zero-order valence-corrected chi connectivity index (χ0v) is 16.5. The highest BCUT2D eigenvalue weighted by molar-refractivity contribution is 6.22. The number of anilines is 1. The van der Waals surface area contributed by atoms with Crippen molar-refractivity contribution in [1.29, 1.82) is 0 Å². The highest BCUT2D eigenvalue weighted by Crippen LogP contribution is 2.29. The van der Waals surface area contributed by atoms with Gasteiger partial charge in [-0.25, -0.2) is 0 Å². The molecule has 0 N–H and O–H groups in total. The predicted molar refractivity (Wildman–Crippen MR) is 113 cm³/mol. The molecule has 0 spiro atoms. The molecule has 1 heterocycles. The Morgan fingerprint density at radius 3 is 2.26 bits per heavy atom. The third-order valence-electron chi connectivity index (χ3n) is 5.12. The second-order valence-electron chi connectivity index (χ2n) is 7.05. The number of rotatable bonds is 5. The van der Waals surface area contributed by atoms with Crippen LogP contribution in [0.15, 0.2) is 72.8 Å². The van der Waals surface area contributed by atoms with Crippen molar-refractivity contribution in [1.82, 2.24) is 4.90 Å². The van der Waals surface area contributed by atoms with Crippen molar-refractivity contribution in [3.8, 4) is 0 Å². The Morgan fingerprint density at radius 1 is 0.935 bits per heavy atom. The average molecular weight is 415 g/mol. The summed E-state index contributed by atoms with van der Waals surface area (Å²) in [5.74, 6) is -1.66. The number of nitro groups is 1. The van der Waals surface area contributed by atoms with Crippen LogP contribution in [0.4, 0.5) is 11.4 Å². The van der Waals surface area contributed by atoms with E-state index in [2.05, 4.69) is 0 Å². The van der Waals surface area contributed by atoms with Crippen LogP contribution >= 0.6 is 0 Å². The van der Waals surface area contributed by atoms with Gasteiger partial charge in [-0.3, -0.25) is 34.3 Å². The number of hydrogen-bond acceptors (Lipinski definition) is 5. The van der Waals surface area contributed by atoms with Crippen LogP contribution in [0.25, 0.3) is 0 Å². The Balaban J connectivity index is 1.73. The van der Waals surface area contributed by atoms with E-state index >= 15 is 0 Å². The first-order valence-electron chi connectivity index (χ1n) is 9.45. The van der Waals surface area contributed by atoms with Crippen molar-refractivity contribution in [2.75, 3.05) is 11.6 Å². The number of nitro benzene ring substituents is 1. The topological polar surface area (TPSA) is 101 Å². The van der Waals surface area contributed by atoms with Gasteiger partial charge in [-0.05, 0) is 36.8 Å². The molecule has 3 aromatic carbocycles. The molecule has 0 aliphatic carbocycles. The molecule has 0 bridgehead atoms. The highest BCUT2D eigenvalue weighted by atomic mass is 16.6. The Hall–Kier alpha value is -4.33. The second-order valence-corrected chi connectivity index (χ2v) is 7.05. The summed E-state index contributed by atoms with van der Waals surface area (Å²) in [5, 5.41) is 11.1. The summed E-state index contributed by atoms with van der Waals surface area (Å²) in [6.07, 6.45) is 0. The summed E-state index contributed by atoms with van der Waals surface area (Å²) < 4.78 is 0. The maximum atomic E-state index is 13.3. The molecule has 0 aromatic heterocycles. The van der Waals surface area contributed by atoms with Crippen LogP contribution in [-0.2, 0) is 0 Å². The molecular weight excluding hydrogens is 398 g/mol. The number of imide groups is 1. The van der Waals surface area contributed by atoms with Crippen molar-refractivity contribution in [2.45, 2.75) is 6.92 Å². The van der Waals surface area contributed by atoms with Crippen molar-refractivity contribution >= 4 is 29.1 Å². The van der Waals surface area contributed by atoms with E-state index in [9.17, 15) is 24.5 Å². The van der Waals surface area contributed by atoms with Crippen LogP contribution in [-0.4, -0.2) is 34.2 Å². The number of aryl methyl sites for hydroxylation is 1. The number of carbonyl (C=O) groups excluding carboxylic acids is 3. The summed E-state index contributed by atoms with van der Waals surface area (Å²) in [6.45, 7) is 1.51. The zero-order valence-electron chi connectivity index (χ0n) is 16.5. The predicted octanol–water partition coefficient (Wildman–Crippen LogP) is 3.80. The minimum Gasteiger partial charge on any atom is -0.289 e. The van der Waals surface area contributed by atoms with E-state index in [1.807, 2.05) is 19.1 Å². The average Bonchev–Trinajstić information content (AvgIpc) is 3.02. The van der Waals surface area contributed by atoms with E-state index in [0.29, 0.717) is 11.3 Å². The largest absolute Gasteiger partial charge is 0.289 e. The molecule has 3 aromatic rings. The lowest BCUT2D eigenvalue weighted by atomic mass is 10.1. The van der Waals surface area contributed by atoms with Gasteiger partial charge in [-0.15, -0.1) is 0 Å². The number of nitrogens with zero attached hydrogens (tertiary/aromatic N) is 3. The fourth-order valence-electron chi connectivity index (χ4n) is 3.51. The lowest BCUT2D eigenvalue weighted by Gasteiger charge is -2.28. The molecular formula is C23H17N3O5. The van der Waals surface area contributed by atoms with Crippen molar-refractivity contribution in [2.24, 2.45) is 0 Å². The molecule has 0 atom stereocenters. The van der Waals surface area contributed by atoms with Crippen LogP contribution in [0, 0.1) is 17.0 Å². The number of non-ortho nitro benzene ring substituents is 1. The molecule has 8 heteroatoms. The zero-order chi connectivity index (χ0) is 22.1. The number of amides is 3. The van der Waals surface area contributed by atoms with Gasteiger partial charge in [0.05, 0.1) is 16.1 Å². The minimum atomic E-state index is -0.678. The van der Waals surface area contributed by atoms with E-state index in [-0.39, 0.29) is 29.4 Å². The summed E-state index contributed by atoms with van der Waals surface area (Å²) >= 11 is 0. The normalized spacial score (nSPS) is 12.6. The maximum Gasteiger partial charge on any atom is 0.270 e. The van der Waals surface area contributed by atoms with Gasteiger partial charge < -0.3 is 0 Å². The molecule has 0 fully saturated rings. The van der Waals surface area contributed by atoms with E-state index < -0.39 is 16.7 Å². The van der Waals surface area contributed by atoms with E-state index in [1.54, 1.807) is 42.5 Å². The number of hydrogen-bond donors (Lipinski definition) is 0. The van der Waals surface area contributed by atoms with Gasteiger partial charge >= 0.3 is 0 Å². The smallest absolute Gasteiger partial charge is 0.270 e. The van der Waals surface area contributed by atoms with Gasteiger partial charge in [0.1, 0.15) is 6.67 Å². The number of benzene rings is 3. The molecule has 154 valence electrons. The number of para-hydroxylation sites is 1. The van der Waals surface area contributed by atoms with E-state index in [0.717, 1.165) is 16.5 Å². The maximum absolute atomic E-state index is 13.3. The molecule has 0 saturated heterocycles. The summed E-state index contributed by atoms with van der Waals surface area (Å²) in [7, 11) is 0. The SMILES string of the molecule is Cc1ccccc1N(CN1C(=O)c2ccc([N+](=O)[O-])cc2C1=O)C(=O)c1ccccc1. The van der Waals surface area contributed by atoms with Crippen LogP contribution in [0.1, 0.15) is 36.6 Å². The standard InChI is InChI=1S/C23H17N3O5/c1-15-7-5-6-10-20(15)24(21(27)16-8-3-2-4-9-16)14-25-22(28)18-12-11-17(26(30)31)13-19(18)23(25)29/h2-13H,14H2,1H3. The molecule has 1 aliphatic heterocycles. The minimum absolute atomic E-state index is 0.0453. The van der Waals surface area contributed by atoms with Crippen LogP contribution in [0.5, 0.6) is 0 Å². The lowest BCUT2D eigenvalue weighted by Crippen LogP contribution is -2.44. The molecule has 0 saturated carbocycles. The molecule has 8 nitrogen and oxygen atoms in total. The summed E-state index contributed by atoms with van der Waals surface area (Å²) in [5.41, 5.74) is 1.50. The van der Waals surface area contributed by atoms with Gasteiger partial charge in [0, 0.05) is 23.4 Å². The monoisotopic (exact) mass is 415 g/mol. The Morgan fingerprint density at radius 2 is 1.58 bits per heavy atom. The van der Waals surface area contributed by atoms with Gasteiger partial charge in [0.15, 0.2) is 0 Å². The van der Waals surface area contributed by atoms with Gasteiger partial charge in [0.2, 0.25) is 0 Å². The van der Waals surface area contributed by atoms with Crippen molar-refractivity contribution < 1.29 is 19.3 Å². The highest BCUT2D eigenvalue weighted by Gasteiger charge is 2.39. The van der Waals surface area contributed by atoms with Gasteiger partial charge in [-0.2, -0.15) is 0 Å². The van der Waals surface area contributed by atoms with Gasteiger partial charge in [-0.1, -0.05) is 36.4 Å². The molecule has 1 aliphatic rings. The van der Waals surface area contributed by atoms with Crippen LogP contribution < -0.4 is 4.90 Å². The fourth-order valence-corrected chi connectivity index (χ4v) is 3.51. The first-order valence-corrected chi connectivity index (χ1v) is 9.45. The van der Waals surface area contributed by atoms with Crippen LogP contribution in [0.3, 0.4) is 0 Å². The quantitative estimate of drug-likeness (QED) is 0.358. The fraction of sp³-hybridized carbons (Fsp3) is 0.0870. The first kappa shape index (κ1) is 20.0. The molecule has 0 unspecified atom stereocenters. The van der Waals surface area contributed by atoms with Crippen molar-refractivity contribution in [3.05, 3.63) is 105 Å². The summed E-state index contributed by atoms with van der Waals surface area (Å²) in [4.78, 5) is 51.9. The summed E-state index contributed by atoms with van der Waals surface area (Å²) in [6, 6.07) is 19.2. The Kier molecular flexibility index (Phi) is 5.04. The molecule has 0 radical (unpaired) electrons. The Bertz CT molecular complexity index is 1220. The molecule has 4 rings (SSSR count). The van der Waals surface area contributed by atoms with Crippen molar-refractivity contribution in [3.63, 3.8) is 0 Å². The molecule has 3 amide bonds. The first-order chi connectivity index (χ1) is 14.9. The van der Waals surface area contributed by atoms with Gasteiger partial charge in [0.25, 0.3) is 23.4 Å². The number of fused-ring (bicyclic) bond motifs is 1. The van der Waals surface area contributed by atoms with E-state index in [4.69, 9.17) is 0 Å². The van der Waals surface area contributed by atoms with E-state index in [1.165, 1.54) is 17.0 Å². The number of carbonyl (C=O) groups is 3. The third-order valence-corrected chi connectivity index (χ3v) is 5.12. The second kappa shape index (κ2) is 7.83. The lowest BCUT2D eigenvalue weighted by molar-refractivity contribution is -0.384.